The Balaban J connectivity index is 1.98. The number of anilines is 2. The van der Waals surface area contributed by atoms with E-state index < -0.39 is 23.6 Å². The van der Waals surface area contributed by atoms with E-state index in [0.29, 0.717) is 22.9 Å². The van der Waals surface area contributed by atoms with Gasteiger partial charge in [-0.1, -0.05) is 31.5 Å². The van der Waals surface area contributed by atoms with Gasteiger partial charge in [0.05, 0.1) is 11.3 Å². The summed E-state index contributed by atoms with van der Waals surface area (Å²) in [6.07, 6.45) is 1.95. The molecule has 1 aliphatic rings. The van der Waals surface area contributed by atoms with E-state index >= 15 is 0 Å². The molecule has 2 amide bonds. The van der Waals surface area contributed by atoms with Crippen LogP contribution in [0.25, 0.3) is 0 Å². The van der Waals surface area contributed by atoms with E-state index in [9.17, 15) is 14.4 Å². The van der Waals surface area contributed by atoms with E-state index in [-0.39, 0.29) is 11.5 Å². The van der Waals surface area contributed by atoms with Gasteiger partial charge in [-0.2, -0.15) is 0 Å². The largest absolute Gasteiger partial charge is 0.309 e. The Labute approximate surface area is 156 Å². The van der Waals surface area contributed by atoms with Crippen molar-refractivity contribution in [1.29, 1.82) is 0 Å². The van der Waals surface area contributed by atoms with Crippen molar-refractivity contribution in [2.24, 2.45) is 5.92 Å². The summed E-state index contributed by atoms with van der Waals surface area (Å²) in [6, 6.07) is 8.92. The standard InChI is InChI=1S/C19H18ClN3O3/c1-11(2)9-15(18(25)22-16-5-3-4-8-21-16)23-14-10-12(20)6-7-13(14)17(24)19(23)26/h3-8,10-11,15H,9H2,1-2H3,(H,21,22,25). The maximum Gasteiger partial charge on any atom is 0.300 e. The number of benzene rings is 1. The summed E-state index contributed by atoms with van der Waals surface area (Å²) < 4.78 is 0. The topological polar surface area (TPSA) is 79.4 Å². The highest BCUT2D eigenvalue weighted by molar-refractivity contribution is 6.53. The van der Waals surface area contributed by atoms with Gasteiger partial charge in [0.15, 0.2) is 0 Å². The lowest BCUT2D eigenvalue weighted by Gasteiger charge is -2.28. The molecule has 6 nitrogen and oxygen atoms in total. The van der Waals surface area contributed by atoms with Crippen molar-refractivity contribution in [3.05, 3.63) is 53.2 Å². The molecule has 0 saturated heterocycles. The molecule has 0 spiro atoms. The molecular weight excluding hydrogens is 354 g/mol. The van der Waals surface area contributed by atoms with E-state index in [4.69, 9.17) is 11.6 Å². The minimum Gasteiger partial charge on any atom is -0.309 e. The Bertz CT molecular complexity index is 868. The molecule has 7 heteroatoms. The number of nitrogens with zero attached hydrogens (tertiary/aromatic N) is 2. The van der Waals surface area contributed by atoms with Crippen LogP contribution in [0.3, 0.4) is 0 Å². The van der Waals surface area contributed by atoms with Crippen LogP contribution in [0.15, 0.2) is 42.6 Å². The third kappa shape index (κ3) is 3.46. The molecular formula is C19H18ClN3O3. The van der Waals surface area contributed by atoms with Crippen molar-refractivity contribution in [3.8, 4) is 0 Å². The maximum atomic E-state index is 12.9. The number of fused-ring (bicyclic) bond motifs is 1. The van der Waals surface area contributed by atoms with Crippen LogP contribution < -0.4 is 10.2 Å². The molecule has 0 fully saturated rings. The fraction of sp³-hybridized carbons (Fsp3) is 0.263. The van der Waals surface area contributed by atoms with Crippen LogP contribution in [0, 0.1) is 5.92 Å². The molecule has 1 aromatic heterocycles. The number of carbonyl (C=O) groups is 3. The number of hydrogen-bond acceptors (Lipinski definition) is 4. The number of carbonyl (C=O) groups excluding carboxylic acids is 3. The molecule has 0 radical (unpaired) electrons. The van der Waals surface area contributed by atoms with E-state index in [1.165, 1.54) is 11.0 Å². The fourth-order valence-corrected chi connectivity index (χ4v) is 3.13. The van der Waals surface area contributed by atoms with Crippen LogP contribution in [0.4, 0.5) is 11.5 Å². The Hall–Kier alpha value is -2.73. The Morgan fingerprint density at radius 1 is 1.23 bits per heavy atom. The Morgan fingerprint density at radius 3 is 2.65 bits per heavy atom. The lowest BCUT2D eigenvalue weighted by molar-refractivity contribution is -0.121. The zero-order valence-electron chi connectivity index (χ0n) is 14.4. The van der Waals surface area contributed by atoms with E-state index in [1.807, 2.05) is 13.8 Å². The number of Topliss-reactive ketones (excluding diaryl/α,β-unsaturated/α-hetero) is 1. The highest BCUT2D eigenvalue weighted by Gasteiger charge is 2.42. The highest BCUT2D eigenvalue weighted by atomic mass is 35.5. The van der Waals surface area contributed by atoms with Crippen LogP contribution >= 0.6 is 11.6 Å². The molecule has 134 valence electrons. The second-order valence-electron chi connectivity index (χ2n) is 6.52. The molecule has 1 unspecified atom stereocenters. The molecule has 3 rings (SSSR count). The Kier molecular flexibility index (Phi) is 5.04. The monoisotopic (exact) mass is 371 g/mol. The average molecular weight is 372 g/mol. The number of halogens is 1. The third-order valence-corrected chi connectivity index (χ3v) is 4.34. The van der Waals surface area contributed by atoms with Crippen LogP contribution in [-0.2, 0) is 9.59 Å². The summed E-state index contributed by atoms with van der Waals surface area (Å²) in [5, 5.41) is 3.11. The average Bonchev–Trinajstić information content (AvgIpc) is 2.84. The first kappa shape index (κ1) is 18.1. The van der Waals surface area contributed by atoms with E-state index in [1.54, 1.807) is 36.5 Å². The van der Waals surface area contributed by atoms with Crippen LogP contribution in [0.2, 0.25) is 5.02 Å². The number of pyridine rings is 1. The first-order valence-corrected chi connectivity index (χ1v) is 8.65. The molecule has 2 heterocycles. The predicted octanol–water partition coefficient (Wildman–Crippen LogP) is 3.32. The summed E-state index contributed by atoms with van der Waals surface area (Å²) in [7, 11) is 0. The van der Waals surface area contributed by atoms with Crippen molar-refractivity contribution < 1.29 is 14.4 Å². The fourth-order valence-electron chi connectivity index (χ4n) is 2.96. The van der Waals surface area contributed by atoms with Crippen molar-refractivity contribution >= 4 is 40.7 Å². The minimum absolute atomic E-state index is 0.126. The molecule has 0 aliphatic carbocycles. The summed E-state index contributed by atoms with van der Waals surface area (Å²) in [5.41, 5.74) is 0.633. The number of ketones is 1. The van der Waals surface area contributed by atoms with Gasteiger partial charge >= 0.3 is 0 Å². The molecule has 1 aliphatic heterocycles. The first-order valence-electron chi connectivity index (χ1n) is 8.28. The SMILES string of the molecule is CC(C)CC(C(=O)Nc1ccccn1)N1C(=O)C(=O)c2ccc(Cl)cc21. The predicted molar refractivity (Wildman–Crippen MR) is 99.4 cm³/mol. The van der Waals surface area contributed by atoms with Crippen LogP contribution in [0.1, 0.15) is 30.6 Å². The third-order valence-electron chi connectivity index (χ3n) is 4.10. The number of nitrogens with one attached hydrogen (secondary N) is 1. The maximum absolute atomic E-state index is 12.9. The van der Waals surface area contributed by atoms with Crippen LogP contribution in [-0.4, -0.2) is 28.6 Å². The van der Waals surface area contributed by atoms with Crippen molar-refractivity contribution in [1.82, 2.24) is 4.98 Å². The van der Waals surface area contributed by atoms with Gasteiger partial charge in [-0.05, 0) is 42.7 Å². The van der Waals surface area contributed by atoms with Gasteiger partial charge in [-0.3, -0.25) is 19.3 Å². The molecule has 26 heavy (non-hydrogen) atoms. The smallest absolute Gasteiger partial charge is 0.300 e. The van der Waals surface area contributed by atoms with Gasteiger partial charge in [0.1, 0.15) is 11.9 Å². The number of hydrogen-bond donors (Lipinski definition) is 1. The van der Waals surface area contributed by atoms with E-state index in [0.717, 1.165) is 0 Å². The second-order valence-corrected chi connectivity index (χ2v) is 6.95. The molecule has 0 bridgehead atoms. The minimum atomic E-state index is -0.840. The summed E-state index contributed by atoms with van der Waals surface area (Å²) in [6.45, 7) is 3.89. The lowest BCUT2D eigenvalue weighted by Crippen LogP contribution is -2.47. The molecule has 2 aromatic rings. The van der Waals surface area contributed by atoms with Gasteiger partial charge in [-0.15, -0.1) is 0 Å². The quantitative estimate of drug-likeness (QED) is 0.818. The normalized spacial score (nSPS) is 14.5. The van der Waals surface area contributed by atoms with Gasteiger partial charge in [-0.25, -0.2) is 4.98 Å². The van der Waals surface area contributed by atoms with Crippen molar-refractivity contribution in [2.75, 3.05) is 10.2 Å². The Morgan fingerprint density at radius 2 is 2.00 bits per heavy atom. The number of aromatic nitrogens is 1. The molecule has 1 atom stereocenters. The van der Waals surface area contributed by atoms with Crippen LogP contribution in [0.5, 0.6) is 0 Å². The number of rotatable bonds is 5. The first-order chi connectivity index (χ1) is 12.4. The van der Waals surface area contributed by atoms with E-state index in [2.05, 4.69) is 10.3 Å². The second kappa shape index (κ2) is 7.25. The zero-order valence-corrected chi connectivity index (χ0v) is 15.2. The van der Waals surface area contributed by atoms with Crippen molar-refractivity contribution in [3.63, 3.8) is 0 Å². The summed E-state index contributed by atoms with van der Waals surface area (Å²) >= 11 is 6.04. The summed E-state index contributed by atoms with van der Waals surface area (Å²) in [4.78, 5) is 43.1. The van der Waals surface area contributed by atoms with Gasteiger partial charge in [0.25, 0.3) is 11.7 Å². The number of amides is 2. The molecule has 1 N–H and O–H groups in total. The lowest BCUT2D eigenvalue weighted by atomic mass is 10.0. The van der Waals surface area contributed by atoms with Gasteiger partial charge in [0.2, 0.25) is 5.91 Å². The van der Waals surface area contributed by atoms with Gasteiger partial charge < -0.3 is 5.32 Å². The molecule has 0 saturated carbocycles. The van der Waals surface area contributed by atoms with Gasteiger partial charge in [0, 0.05) is 11.2 Å². The van der Waals surface area contributed by atoms with Crippen molar-refractivity contribution in [2.45, 2.75) is 26.3 Å². The summed E-state index contributed by atoms with van der Waals surface area (Å²) in [5.74, 6) is -1.23. The molecule has 1 aromatic carbocycles. The highest BCUT2D eigenvalue weighted by Crippen LogP contribution is 2.34. The zero-order chi connectivity index (χ0) is 18.8.